The molecular formula is C52H57N4+. The Kier molecular flexibility index (Phi) is 12.8. The Balaban J connectivity index is 0.000000177. The average molecular weight is 738 g/mol. The lowest BCUT2D eigenvalue weighted by atomic mass is 9.88. The van der Waals surface area contributed by atoms with Gasteiger partial charge in [-0.15, -0.1) is 0 Å². The van der Waals surface area contributed by atoms with Gasteiger partial charge in [0, 0.05) is 18.0 Å². The Morgan fingerprint density at radius 1 is 0.554 bits per heavy atom. The van der Waals surface area contributed by atoms with Crippen molar-refractivity contribution in [3.8, 4) is 45.3 Å². The Morgan fingerprint density at radius 3 is 1.62 bits per heavy atom. The van der Waals surface area contributed by atoms with Crippen molar-refractivity contribution in [1.29, 1.82) is 0 Å². The molecule has 2 aromatic heterocycles. The third kappa shape index (κ3) is 8.76. The molecule has 0 aliphatic heterocycles. The second-order valence-corrected chi connectivity index (χ2v) is 15.8. The number of aromatic nitrogens is 4. The summed E-state index contributed by atoms with van der Waals surface area (Å²) in [6.07, 6.45) is 4.00. The smallest absolute Gasteiger partial charge is 0.295 e. The molecule has 0 spiro atoms. The molecule has 8 aromatic rings. The molecule has 0 saturated heterocycles. The first-order valence-electron chi connectivity index (χ1n) is 20.0. The molecule has 0 saturated carbocycles. The van der Waals surface area contributed by atoms with E-state index in [0.717, 1.165) is 17.3 Å². The van der Waals surface area contributed by atoms with Gasteiger partial charge in [-0.1, -0.05) is 158 Å². The SMILES string of the molecule is CC(C)C.CC(C)c1cc(-c2ccccc2)cc(C(C)C)c1-n1ccnc1-c1ccccc1.Cc1ccccc1-c1n(-c2ccccc2)c2ccccc2[n+]1C. The van der Waals surface area contributed by atoms with Crippen LogP contribution in [0.3, 0.4) is 0 Å². The van der Waals surface area contributed by atoms with E-state index in [1.165, 1.54) is 61.6 Å². The van der Waals surface area contributed by atoms with Crippen LogP contribution in [-0.2, 0) is 7.05 Å². The van der Waals surface area contributed by atoms with Crippen molar-refractivity contribution in [3.05, 3.63) is 181 Å². The van der Waals surface area contributed by atoms with Crippen LogP contribution in [0.4, 0.5) is 0 Å². The number of para-hydroxylation sites is 3. The molecule has 0 bridgehead atoms. The van der Waals surface area contributed by atoms with E-state index >= 15 is 0 Å². The fraction of sp³-hybridized carbons (Fsp3) is 0.231. The largest absolute Gasteiger partial charge is 0.299 e. The van der Waals surface area contributed by atoms with Crippen LogP contribution in [-0.4, -0.2) is 14.1 Å². The third-order valence-electron chi connectivity index (χ3n) is 9.85. The zero-order chi connectivity index (χ0) is 39.8. The molecule has 4 nitrogen and oxygen atoms in total. The first kappa shape index (κ1) is 39.7. The van der Waals surface area contributed by atoms with E-state index in [4.69, 9.17) is 4.98 Å². The predicted octanol–water partition coefficient (Wildman–Crippen LogP) is 13.5. The lowest BCUT2D eigenvalue weighted by Crippen LogP contribution is -2.30. The number of benzene rings is 6. The Bertz CT molecular complexity index is 2440. The first-order valence-corrected chi connectivity index (χ1v) is 20.0. The highest BCUT2D eigenvalue weighted by molar-refractivity contribution is 5.79. The van der Waals surface area contributed by atoms with Gasteiger partial charge in [-0.3, -0.25) is 4.57 Å². The van der Waals surface area contributed by atoms with Gasteiger partial charge in [0.25, 0.3) is 5.82 Å². The minimum atomic E-state index is 0.400. The number of aryl methyl sites for hydroxylation is 2. The standard InChI is InChI=1S/C27H28N2.C21H19N2.C4H10/c1-19(2)24-17-23(21-11-7-5-8-12-21)18-25(20(3)4)26(24)29-16-15-28-27(29)22-13-9-6-10-14-22;1-16-10-6-7-13-18(16)21-22(2)19-14-8-9-15-20(19)23(21)17-11-4-3-5-12-17;1-4(2)3/h5-20H,1-4H3;3-15H,1-2H3;4H,1-3H3/q;+1;. The van der Waals surface area contributed by atoms with E-state index in [1.54, 1.807) is 0 Å². The quantitative estimate of drug-likeness (QED) is 0.150. The van der Waals surface area contributed by atoms with Crippen molar-refractivity contribution in [2.24, 2.45) is 13.0 Å². The van der Waals surface area contributed by atoms with E-state index in [1.807, 2.05) is 12.3 Å². The molecule has 56 heavy (non-hydrogen) atoms. The second kappa shape index (κ2) is 18.1. The van der Waals surface area contributed by atoms with Gasteiger partial charge >= 0.3 is 0 Å². The molecule has 4 heteroatoms. The van der Waals surface area contributed by atoms with Crippen molar-refractivity contribution in [3.63, 3.8) is 0 Å². The summed E-state index contributed by atoms with van der Waals surface area (Å²) in [6.45, 7) is 17.8. The summed E-state index contributed by atoms with van der Waals surface area (Å²) in [7, 11) is 2.14. The van der Waals surface area contributed by atoms with Crippen LogP contribution in [0.5, 0.6) is 0 Å². The molecule has 0 aliphatic rings. The summed E-state index contributed by atoms with van der Waals surface area (Å²) < 4.78 is 6.90. The summed E-state index contributed by atoms with van der Waals surface area (Å²) in [4.78, 5) is 4.71. The molecule has 0 radical (unpaired) electrons. The minimum Gasteiger partial charge on any atom is -0.299 e. The number of hydrogen-bond acceptors (Lipinski definition) is 1. The molecule has 8 rings (SSSR count). The van der Waals surface area contributed by atoms with Crippen LogP contribution in [0.1, 0.15) is 77.0 Å². The molecule has 0 N–H and O–H groups in total. The summed E-state index contributed by atoms with van der Waals surface area (Å²) in [6, 6.07) is 53.5. The van der Waals surface area contributed by atoms with E-state index in [2.05, 4.69) is 228 Å². The van der Waals surface area contributed by atoms with Gasteiger partial charge < -0.3 is 0 Å². The Morgan fingerprint density at radius 2 is 1.05 bits per heavy atom. The lowest BCUT2D eigenvalue weighted by molar-refractivity contribution is -0.633. The number of hydrogen-bond donors (Lipinski definition) is 0. The van der Waals surface area contributed by atoms with E-state index in [0.29, 0.717) is 11.8 Å². The van der Waals surface area contributed by atoms with Crippen LogP contribution < -0.4 is 4.57 Å². The normalized spacial score (nSPS) is 11.1. The molecular weight excluding hydrogens is 681 g/mol. The highest BCUT2D eigenvalue weighted by Crippen LogP contribution is 2.38. The molecule has 0 atom stereocenters. The zero-order valence-electron chi connectivity index (χ0n) is 34.6. The van der Waals surface area contributed by atoms with Gasteiger partial charge in [-0.2, -0.15) is 4.57 Å². The van der Waals surface area contributed by atoms with Crippen LogP contribution in [0.25, 0.3) is 56.3 Å². The van der Waals surface area contributed by atoms with Gasteiger partial charge in [0.05, 0.1) is 18.3 Å². The highest BCUT2D eigenvalue weighted by Gasteiger charge is 2.26. The van der Waals surface area contributed by atoms with Gasteiger partial charge in [0.1, 0.15) is 11.5 Å². The number of nitrogens with zero attached hydrogens (tertiary/aromatic N) is 4. The van der Waals surface area contributed by atoms with Gasteiger partial charge in [0.15, 0.2) is 11.0 Å². The fourth-order valence-corrected chi connectivity index (χ4v) is 7.20. The van der Waals surface area contributed by atoms with Crippen molar-refractivity contribution in [2.45, 2.75) is 67.2 Å². The number of fused-ring (bicyclic) bond motifs is 1. The monoisotopic (exact) mass is 737 g/mol. The third-order valence-corrected chi connectivity index (χ3v) is 9.85. The van der Waals surface area contributed by atoms with Crippen molar-refractivity contribution < 1.29 is 4.57 Å². The molecule has 0 aliphatic carbocycles. The zero-order valence-corrected chi connectivity index (χ0v) is 34.6. The molecule has 0 fully saturated rings. The number of rotatable bonds is 7. The van der Waals surface area contributed by atoms with Gasteiger partial charge in [-0.25, -0.2) is 9.55 Å². The van der Waals surface area contributed by atoms with E-state index in [9.17, 15) is 0 Å². The summed E-state index contributed by atoms with van der Waals surface area (Å²) in [5, 5.41) is 0. The molecule has 0 amide bonds. The van der Waals surface area contributed by atoms with Crippen LogP contribution in [0.15, 0.2) is 164 Å². The van der Waals surface area contributed by atoms with Crippen molar-refractivity contribution in [2.75, 3.05) is 0 Å². The second-order valence-electron chi connectivity index (χ2n) is 15.8. The molecule has 6 aromatic carbocycles. The van der Waals surface area contributed by atoms with E-state index in [-0.39, 0.29) is 0 Å². The highest BCUT2D eigenvalue weighted by atomic mass is 15.2. The van der Waals surface area contributed by atoms with Crippen LogP contribution in [0.2, 0.25) is 0 Å². The molecule has 284 valence electrons. The molecule has 2 heterocycles. The predicted molar refractivity (Wildman–Crippen MR) is 238 cm³/mol. The summed E-state index contributed by atoms with van der Waals surface area (Å²) in [5.41, 5.74) is 13.8. The lowest BCUT2D eigenvalue weighted by Gasteiger charge is -2.23. The van der Waals surface area contributed by atoms with Crippen molar-refractivity contribution in [1.82, 2.24) is 14.1 Å². The van der Waals surface area contributed by atoms with Crippen LogP contribution >= 0.6 is 0 Å². The molecule has 0 unspecified atom stereocenters. The minimum absolute atomic E-state index is 0.400. The summed E-state index contributed by atoms with van der Waals surface area (Å²) >= 11 is 0. The Hall–Kier alpha value is -6.00. The summed E-state index contributed by atoms with van der Waals surface area (Å²) in [5.74, 6) is 3.83. The average Bonchev–Trinajstić information content (AvgIpc) is 3.81. The first-order chi connectivity index (χ1) is 27.1. The van der Waals surface area contributed by atoms with Gasteiger partial charge in [-0.05, 0) is 95.0 Å². The maximum Gasteiger partial charge on any atom is 0.295 e. The topological polar surface area (TPSA) is 26.6 Å². The fourth-order valence-electron chi connectivity index (χ4n) is 7.20. The Labute approximate surface area is 334 Å². The van der Waals surface area contributed by atoms with E-state index < -0.39 is 0 Å². The van der Waals surface area contributed by atoms with Gasteiger partial charge in [0.2, 0.25) is 0 Å². The number of imidazole rings is 2. The maximum absolute atomic E-state index is 4.71. The van der Waals surface area contributed by atoms with Crippen LogP contribution in [0, 0.1) is 12.8 Å². The maximum atomic E-state index is 4.71. The van der Waals surface area contributed by atoms with Crippen molar-refractivity contribution >= 4 is 11.0 Å².